The van der Waals surface area contributed by atoms with Crippen LogP contribution in [0.4, 0.5) is 0 Å². The summed E-state index contributed by atoms with van der Waals surface area (Å²) in [6, 6.07) is 20.9. The van der Waals surface area contributed by atoms with E-state index < -0.39 is 5.63 Å². The maximum absolute atomic E-state index is 11.3. The van der Waals surface area contributed by atoms with Gasteiger partial charge in [0.05, 0.1) is 0 Å². The van der Waals surface area contributed by atoms with E-state index in [1.165, 1.54) is 17.3 Å². The van der Waals surface area contributed by atoms with Gasteiger partial charge < -0.3 is 9.32 Å². The van der Waals surface area contributed by atoms with Gasteiger partial charge in [0.15, 0.2) is 0 Å². The Morgan fingerprint density at radius 2 is 1.56 bits per heavy atom. The van der Waals surface area contributed by atoms with Gasteiger partial charge in [-0.3, -0.25) is 4.90 Å². The lowest BCUT2D eigenvalue weighted by Gasteiger charge is -2.24. The van der Waals surface area contributed by atoms with Crippen molar-refractivity contribution in [1.29, 1.82) is 0 Å². The van der Waals surface area contributed by atoms with Gasteiger partial charge in [-0.2, -0.15) is 0 Å². The smallest absolute Gasteiger partial charge is 0.356 e. The molecule has 166 valence electrons. The van der Waals surface area contributed by atoms with E-state index >= 15 is 0 Å². The third kappa shape index (κ3) is 6.23. The summed E-state index contributed by atoms with van der Waals surface area (Å²) in [5.74, 6) is 0. The van der Waals surface area contributed by atoms with Crippen molar-refractivity contribution < 1.29 is 4.42 Å². The first kappa shape index (κ1) is 23.6. The molecule has 0 saturated heterocycles. The topological polar surface area (TPSA) is 62.5 Å². The first-order valence-electron chi connectivity index (χ1n) is 10.3. The highest BCUT2D eigenvalue weighted by Gasteiger charge is 2.10. The predicted octanol–water partition coefficient (Wildman–Crippen LogP) is 4.24. The van der Waals surface area contributed by atoms with Crippen LogP contribution < -0.4 is 5.63 Å². The second-order valence-corrected chi connectivity index (χ2v) is 7.93. The van der Waals surface area contributed by atoms with Crippen LogP contribution in [0, 0.1) is 0 Å². The molecule has 0 aliphatic heterocycles. The Morgan fingerprint density at radius 1 is 0.812 bits per heavy atom. The molecule has 0 saturated carbocycles. The average Bonchev–Trinajstić information content (AvgIpc) is 2.78. The van der Waals surface area contributed by atoms with E-state index in [0.29, 0.717) is 5.52 Å². The lowest BCUT2D eigenvalue weighted by molar-refractivity contribution is 0.226. The average molecular weight is 451 g/mol. The molecule has 32 heavy (non-hydrogen) atoms. The van der Waals surface area contributed by atoms with Crippen LogP contribution in [0.1, 0.15) is 11.1 Å². The fourth-order valence-corrected chi connectivity index (χ4v) is 3.52. The summed E-state index contributed by atoms with van der Waals surface area (Å²) in [5.41, 5.74) is 4.88. The number of likely N-dealkylation sites (N-methyl/N-ethyl adjacent to an activating group) is 1. The molecule has 0 radical (unpaired) electrons. The molecule has 2 aromatic carbocycles. The number of nitrogens with zero attached hydrogens (tertiary/aromatic N) is 4. The lowest BCUT2D eigenvalue weighted by Crippen LogP contribution is -2.31. The zero-order valence-electron chi connectivity index (χ0n) is 18.3. The molecule has 0 fully saturated rings. The summed E-state index contributed by atoms with van der Waals surface area (Å²) in [7, 11) is 4.20. The Kier molecular flexibility index (Phi) is 8.11. The molecule has 0 spiro atoms. The molecule has 6 nitrogen and oxygen atoms in total. The largest absolute Gasteiger partial charge is 0.401 e. The molecule has 7 heteroatoms. The molecule has 0 aliphatic carbocycles. The molecule has 0 amide bonds. The van der Waals surface area contributed by atoms with Crippen molar-refractivity contribution in [1.82, 2.24) is 19.8 Å². The van der Waals surface area contributed by atoms with E-state index in [9.17, 15) is 4.79 Å². The van der Waals surface area contributed by atoms with Crippen molar-refractivity contribution in [2.45, 2.75) is 13.1 Å². The van der Waals surface area contributed by atoms with Gasteiger partial charge in [0, 0.05) is 37.9 Å². The molecule has 4 rings (SSSR count). The Bertz CT molecular complexity index is 1210. The number of hydrogen-bond acceptors (Lipinski definition) is 6. The fourth-order valence-electron chi connectivity index (χ4n) is 3.52. The van der Waals surface area contributed by atoms with Crippen molar-refractivity contribution in [3.05, 3.63) is 94.6 Å². The second kappa shape index (κ2) is 11.0. The molecule has 4 aromatic rings. The van der Waals surface area contributed by atoms with E-state index in [1.54, 1.807) is 6.20 Å². The van der Waals surface area contributed by atoms with Crippen LogP contribution in [-0.2, 0) is 13.1 Å². The van der Waals surface area contributed by atoms with Gasteiger partial charge in [-0.15, -0.1) is 12.4 Å². The molecular formula is C25H27ClN4O2. The number of halogens is 1. The van der Waals surface area contributed by atoms with Crippen LogP contribution in [-0.4, -0.2) is 47.0 Å². The Hall–Kier alpha value is -3.06. The molecule has 0 atom stereocenters. The van der Waals surface area contributed by atoms with Crippen molar-refractivity contribution in [3.8, 4) is 11.1 Å². The first-order chi connectivity index (χ1) is 15.1. The van der Waals surface area contributed by atoms with Gasteiger partial charge in [-0.05, 0) is 42.9 Å². The summed E-state index contributed by atoms with van der Waals surface area (Å²) in [6.45, 7) is 3.73. The number of hydrogen-bond donors (Lipinski definition) is 0. The summed E-state index contributed by atoms with van der Waals surface area (Å²) in [5, 5.41) is 0. The molecule has 2 aromatic heterocycles. The monoisotopic (exact) mass is 450 g/mol. The standard InChI is InChI=1S/C25H26N4O2.ClH/c1-28(2)11-12-29(17-19-7-4-3-5-8-19)18-20-9-6-10-21(13-20)22-14-23-25(27-15-22)31-24(30)16-26-23;/h3-10,13-16H,11-12,17-18H2,1-2H3;1H. The van der Waals surface area contributed by atoms with Gasteiger partial charge in [-0.25, -0.2) is 14.8 Å². The zero-order chi connectivity index (χ0) is 21.6. The third-order valence-electron chi connectivity index (χ3n) is 5.12. The Labute approximate surface area is 193 Å². The number of pyridine rings is 1. The van der Waals surface area contributed by atoms with Crippen LogP contribution in [0.25, 0.3) is 22.4 Å². The van der Waals surface area contributed by atoms with Gasteiger partial charge >= 0.3 is 5.63 Å². The van der Waals surface area contributed by atoms with Crippen molar-refractivity contribution in [2.75, 3.05) is 27.2 Å². The van der Waals surface area contributed by atoms with Gasteiger partial charge in [0.1, 0.15) is 11.7 Å². The minimum absolute atomic E-state index is 0. The summed E-state index contributed by atoms with van der Waals surface area (Å²) >= 11 is 0. The van der Waals surface area contributed by atoms with Crippen LogP contribution in [0.3, 0.4) is 0 Å². The number of fused-ring (bicyclic) bond motifs is 1. The van der Waals surface area contributed by atoms with E-state index in [4.69, 9.17) is 4.42 Å². The van der Waals surface area contributed by atoms with Crippen LogP contribution in [0.15, 0.2) is 82.3 Å². The Morgan fingerprint density at radius 3 is 2.34 bits per heavy atom. The summed E-state index contributed by atoms with van der Waals surface area (Å²) < 4.78 is 5.09. The molecule has 0 aliphatic rings. The predicted molar refractivity (Wildman–Crippen MR) is 130 cm³/mol. The number of rotatable bonds is 8. The number of benzene rings is 2. The van der Waals surface area contributed by atoms with Crippen molar-refractivity contribution >= 4 is 23.6 Å². The molecule has 2 heterocycles. The maximum atomic E-state index is 11.3. The first-order valence-corrected chi connectivity index (χ1v) is 10.3. The van der Waals surface area contributed by atoms with E-state index in [-0.39, 0.29) is 18.1 Å². The van der Waals surface area contributed by atoms with Crippen LogP contribution in [0.5, 0.6) is 0 Å². The third-order valence-corrected chi connectivity index (χ3v) is 5.12. The highest BCUT2D eigenvalue weighted by molar-refractivity contribution is 5.85. The van der Waals surface area contributed by atoms with Gasteiger partial charge in [0.25, 0.3) is 0 Å². The highest BCUT2D eigenvalue weighted by atomic mass is 35.5. The van der Waals surface area contributed by atoms with E-state index in [1.807, 2.05) is 6.07 Å². The molecule has 0 N–H and O–H groups in total. The number of aromatic nitrogens is 2. The van der Waals surface area contributed by atoms with Gasteiger partial charge in [0.2, 0.25) is 5.71 Å². The second-order valence-electron chi connectivity index (χ2n) is 7.93. The quantitative estimate of drug-likeness (QED) is 0.400. The maximum Gasteiger partial charge on any atom is 0.356 e. The minimum Gasteiger partial charge on any atom is -0.401 e. The molecule has 0 bridgehead atoms. The van der Waals surface area contributed by atoms with E-state index in [0.717, 1.165) is 37.3 Å². The summed E-state index contributed by atoms with van der Waals surface area (Å²) in [6.07, 6.45) is 2.90. The normalized spacial score (nSPS) is 11.1. The van der Waals surface area contributed by atoms with Crippen LogP contribution >= 0.6 is 12.4 Å². The van der Waals surface area contributed by atoms with Crippen molar-refractivity contribution in [2.24, 2.45) is 0 Å². The fraction of sp³-hybridized carbons (Fsp3) is 0.240. The van der Waals surface area contributed by atoms with Crippen LogP contribution in [0.2, 0.25) is 0 Å². The van der Waals surface area contributed by atoms with Crippen molar-refractivity contribution in [3.63, 3.8) is 0 Å². The molecule has 0 unspecified atom stereocenters. The summed E-state index contributed by atoms with van der Waals surface area (Å²) in [4.78, 5) is 24.4. The molecular weight excluding hydrogens is 424 g/mol. The minimum atomic E-state index is -0.494. The lowest BCUT2D eigenvalue weighted by atomic mass is 10.0. The van der Waals surface area contributed by atoms with E-state index in [2.05, 4.69) is 88.5 Å². The SMILES string of the molecule is CN(C)CCN(Cc1ccccc1)Cc1cccc(-c2cnc3oc(=O)cnc3c2)c1.Cl. The van der Waals surface area contributed by atoms with Gasteiger partial charge in [-0.1, -0.05) is 48.5 Å². The zero-order valence-corrected chi connectivity index (χ0v) is 19.1. The highest BCUT2D eigenvalue weighted by Crippen LogP contribution is 2.23. The Balaban J connectivity index is 0.00000289.